The normalized spacial score (nSPS) is 14.9. The summed E-state index contributed by atoms with van der Waals surface area (Å²) in [5.41, 5.74) is 10.8. The number of carbonyl (C=O) groups excluding carboxylic acids is 1. The fourth-order valence-corrected chi connectivity index (χ4v) is 5.73. The quantitative estimate of drug-likeness (QED) is 0.372. The first-order valence-corrected chi connectivity index (χ1v) is 13.8. The lowest BCUT2D eigenvalue weighted by Crippen LogP contribution is -2.47. The molecule has 1 amide bonds. The number of methoxy groups -OCH3 is 1. The number of nitrogens with zero attached hydrogens (tertiary/aromatic N) is 4. The molecule has 2 heterocycles. The first-order chi connectivity index (χ1) is 19.2. The highest BCUT2D eigenvalue weighted by molar-refractivity contribution is 5.95. The van der Waals surface area contributed by atoms with Crippen molar-refractivity contribution in [2.45, 2.75) is 65.1 Å². The number of nitriles is 1. The van der Waals surface area contributed by atoms with Gasteiger partial charge in [-0.1, -0.05) is 0 Å². The molecule has 0 radical (unpaired) electrons. The number of aryl methyl sites for hydroxylation is 2. The van der Waals surface area contributed by atoms with Gasteiger partial charge in [0.25, 0.3) is 0 Å². The zero-order valence-corrected chi connectivity index (χ0v) is 23.8. The van der Waals surface area contributed by atoms with Crippen LogP contribution in [0, 0.1) is 31.0 Å². The topological polar surface area (TPSA) is 95.5 Å². The number of amides is 1. The largest absolute Gasteiger partial charge is 0.497 e. The number of primary amides is 1. The van der Waals surface area contributed by atoms with Gasteiger partial charge in [-0.15, -0.1) is 0 Å². The Morgan fingerprint density at radius 3 is 2.55 bits per heavy atom. The Balaban J connectivity index is 1.44. The monoisotopic (exact) mass is 543 g/mol. The van der Waals surface area contributed by atoms with Gasteiger partial charge in [0.05, 0.1) is 18.7 Å². The fourth-order valence-electron chi connectivity index (χ4n) is 5.73. The van der Waals surface area contributed by atoms with Crippen molar-refractivity contribution in [1.82, 2.24) is 9.88 Å². The second-order valence-corrected chi connectivity index (χ2v) is 10.7. The number of benzene rings is 2. The molecule has 0 spiro atoms. The molecule has 0 bridgehead atoms. The molecule has 1 saturated heterocycles. The van der Waals surface area contributed by atoms with E-state index >= 15 is 0 Å². The average Bonchev–Trinajstić information content (AvgIpc) is 2.96. The van der Waals surface area contributed by atoms with E-state index in [1.54, 1.807) is 19.4 Å². The molecule has 0 aliphatic carbocycles. The second kappa shape index (κ2) is 12.9. The number of hydrogen-bond donors (Lipinski definition) is 1. The maximum atomic E-state index is 14.8. The summed E-state index contributed by atoms with van der Waals surface area (Å²) in [7, 11) is 1.64. The van der Waals surface area contributed by atoms with Crippen LogP contribution in [0.2, 0.25) is 0 Å². The third kappa shape index (κ3) is 6.60. The van der Waals surface area contributed by atoms with Gasteiger partial charge in [-0.25, -0.2) is 4.39 Å². The zero-order chi connectivity index (χ0) is 28.8. The standard InChI is InChI=1S/C32H38FN5O2/c1-21-19-36-30(23(3)31(21)32(35)39)12-5-22(2)37-15-13-27(14-16-37)38(26-7-9-28(40-4)10-8-26)20-25-17-24(18-34)6-11-29(25)33/h6-11,17,19,22,27H,5,12-16,20H2,1-4H3,(H2,35,39)/t22-/m1/s1. The van der Waals surface area contributed by atoms with Crippen LogP contribution in [0.5, 0.6) is 5.75 Å². The zero-order valence-electron chi connectivity index (χ0n) is 23.8. The average molecular weight is 544 g/mol. The lowest BCUT2D eigenvalue weighted by molar-refractivity contribution is 0.0999. The first kappa shape index (κ1) is 29.0. The molecule has 210 valence electrons. The molecule has 1 atom stereocenters. The van der Waals surface area contributed by atoms with Crippen LogP contribution in [0.15, 0.2) is 48.7 Å². The molecule has 1 aliphatic rings. The van der Waals surface area contributed by atoms with Gasteiger partial charge in [0, 0.05) is 60.4 Å². The van der Waals surface area contributed by atoms with Crippen molar-refractivity contribution in [2.75, 3.05) is 25.1 Å². The number of nitrogens with two attached hydrogens (primary N) is 1. The predicted octanol–water partition coefficient (Wildman–Crippen LogP) is 5.31. The predicted molar refractivity (Wildman–Crippen MR) is 155 cm³/mol. The molecule has 1 aliphatic heterocycles. The smallest absolute Gasteiger partial charge is 0.249 e. The van der Waals surface area contributed by atoms with E-state index in [4.69, 9.17) is 10.5 Å². The Bertz CT molecular complexity index is 1380. The van der Waals surface area contributed by atoms with Crippen LogP contribution >= 0.6 is 0 Å². The van der Waals surface area contributed by atoms with Crippen molar-refractivity contribution in [3.05, 3.63) is 88.0 Å². The number of likely N-dealkylation sites (tertiary alicyclic amines) is 1. The van der Waals surface area contributed by atoms with E-state index in [9.17, 15) is 14.4 Å². The first-order valence-electron chi connectivity index (χ1n) is 13.8. The molecule has 8 heteroatoms. The van der Waals surface area contributed by atoms with Crippen molar-refractivity contribution >= 4 is 11.6 Å². The Kier molecular flexibility index (Phi) is 9.38. The van der Waals surface area contributed by atoms with Crippen molar-refractivity contribution in [3.63, 3.8) is 0 Å². The second-order valence-electron chi connectivity index (χ2n) is 10.7. The van der Waals surface area contributed by atoms with Gasteiger partial charge in [0.15, 0.2) is 0 Å². The van der Waals surface area contributed by atoms with Crippen LogP contribution in [-0.2, 0) is 13.0 Å². The Labute approximate surface area is 236 Å². The van der Waals surface area contributed by atoms with Gasteiger partial charge in [-0.05, 0) is 100 Å². The molecule has 2 aromatic carbocycles. The van der Waals surface area contributed by atoms with Gasteiger partial charge in [0.1, 0.15) is 11.6 Å². The molecular formula is C32H38FN5O2. The molecule has 2 N–H and O–H groups in total. The van der Waals surface area contributed by atoms with Gasteiger partial charge in [-0.3, -0.25) is 9.78 Å². The van der Waals surface area contributed by atoms with Crippen LogP contribution in [0.25, 0.3) is 0 Å². The van der Waals surface area contributed by atoms with E-state index < -0.39 is 5.91 Å². The van der Waals surface area contributed by atoms with Crippen molar-refractivity contribution in [2.24, 2.45) is 5.73 Å². The summed E-state index contributed by atoms with van der Waals surface area (Å²) in [5, 5.41) is 9.34. The van der Waals surface area contributed by atoms with Crippen LogP contribution in [-0.4, -0.2) is 48.1 Å². The van der Waals surface area contributed by atoms with Crippen LogP contribution in [0.4, 0.5) is 10.1 Å². The van der Waals surface area contributed by atoms with Gasteiger partial charge in [-0.2, -0.15) is 5.26 Å². The number of ether oxygens (including phenoxy) is 1. The summed E-state index contributed by atoms with van der Waals surface area (Å²) < 4.78 is 20.1. The third-order valence-corrected chi connectivity index (χ3v) is 8.14. The summed E-state index contributed by atoms with van der Waals surface area (Å²) in [5.74, 6) is 0.0590. The maximum absolute atomic E-state index is 14.8. The van der Waals surface area contributed by atoms with Crippen molar-refractivity contribution < 1.29 is 13.9 Å². The molecular weight excluding hydrogens is 505 g/mol. The van der Waals surface area contributed by atoms with E-state index in [-0.39, 0.29) is 11.9 Å². The number of carbonyl (C=O) groups is 1. The van der Waals surface area contributed by atoms with Gasteiger partial charge < -0.3 is 20.3 Å². The highest BCUT2D eigenvalue weighted by atomic mass is 19.1. The van der Waals surface area contributed by atoms with E-state index in [0.717, 1.165) is 67.0 Å². The molecule has 7 nitrogen and oxygen atoms in total. The summed E-state index contributed by atoms with van der Waals surface area (Å²) in [6.45, 7) is 8.25. The maximum Gasteiger partial charge on any atom is 0.249 e. The third-order valence-electron chi connectivity index (χ3n) is 8.14. The Hall–Kier alpha value is -3.96. The number of rotatable bonds is 10. The SMILES string of the molecule is COc1ccc(N(Cc2cc(C#N)ccc2F)C2CCN([C@H](C)CCc3ncc(C)c(C(N)=O)c3C)CC2)cc1. The van der Waals surface area contributed by atoms with Crippen LogP contribution in [0.3, 0.4) is 0 Å². The fraction of sp³-hybridized carbons (Fsp3) is 0.406. The minimum Gasteiger partial charge on any atom is -0.497 e. The number of anilines is 1. The minimum atomic E-state index is -0.408. The number of halogens is 1. The minimum absolute atomic E-state index is 0.223. The van der Waals surface area contributed by atoms with Crippen molar-refractivity contribution in [1.29, 1.82) is 5.26 Å². The van der Waals surface area contributed by atoms with E-state index in [2.05, 4.69) is 27.8 Å². The van der Waals surface area contributed by atoms with Gasteiger partial charge >= 0.3 is 0 Å². The van der Waals surface area contributed by atoms with E-state index in [1.807, 2.05) is 38.1 Å². The summed E-state index contributed by atoms with van der Waals surface area (Å²) in [6.07, 6.45) is 5.31. The molecule has 1 fully saturated rings. The lowest BCUT2D eigenvalue weighted by atomic mass is 9.96. The highest BCUT2D eigenvalue weighted by Gasteiger charge is 2.28. The summed E-state index contributed by atoms with van der Waals surface area (Å²) >= 11 is 0. The molecule has 40 heavy (non-hydrogen) atoms. The molecule has 4 rings (SSSR count). The Morgan fingerprint density at radius 1 is 1.23 bits per heavy atom. The number of piperidine rings is 1. The number of hydrogen-bond acceptors (Lipinski definition) is 6. The summed E-state index contributed by atoms with van der Waals surface area (Å²) in [6, 6.07) is 15.1. The number of pyridine rings is 1. The molecule has 0 saturated carbocycles. The number of aromatic nitrogens is 1. The summed E-state index contributed by atoms with van der Waals surface area (Å²) in [4.78, 5) is 21.2. The van der Waals surface area contributed by atoms with Crippen molar-refractivity contribution in [3.8, 4) is 11.8 Å². The lowest BCUT2D eigenvalue weighted by Gasteiger charge is -2.42. The van der Waals surface area contributed by atoms with Crippen LogP contribution in [0.1, 0.15) is 64.5 Å². The molecule has 1 aromatic heterocycles. The van der Waals surface area contributed by atoms with Gasteiger partial charge in [0.2, 0.25) is 5.91 Å². The Morgan fingerprint density at radius 2 is 1.93 bits per heavy atom. The van der Waals surface area contributed by atoms with E-state index in [1.165, 1.54) is 12.1 Å². The molecule has 3 aromatic rings. The highest BCUT2D eigenvalue weighted by Crippen LogP contribution is 2.29. The van der Waals surface area contributed by atoms with Crippen LogP contribution < -0.4 is 15.4 Å². The molecule has 0 unspecified atom stereocenters. The van der Waals surface area contributed by atoms with E-state index in [0.29, 0.717) is 29.3 Å².